The number of alkyl halides is 6. The highest BCUT2D eigenvalue weighted by Gasteiger charge is 2.30. The topological polar surface area (TPSA) is 180 Å². The number of carbonyl (C=O) groups is 2. The zero-order valence-electron chi connectivity index (χ0n) is 24.6. The average Bonchev–Trinajstić information content (AvgIpc) is 3.36. The Morgan fingerprint density at radius 1 is 1.00 bits per heavy atom. The SMILES string of the molecule is CCn1c(C2NCCc3cc(OC)c(OC)cc32)nc2cc(F)c(-c3ccnc(N)n3)cc21.O=C([O-])C(F)(F)F.O=C([O-])C(F)(F)F. The monoisotopic (exact) mass is 674 g/mol. The molecule has 47 heavy (non-hydrogen) atoms. The first kappa shape index (κ1) is 36.3. The molecule has 1 unspecified atom stereocenters. The molecule has 254 valence electrons. The second-order valence-corrected chi connectivity index (χ2v) is 9.45. The van der Waals surface area contributed by atoms with Crippen LogP contribution in [0.15, 0.2) is 36.5 Å². The van der Waals surface area contributed by atoms with Crippen molar-refractivity contribution in [3.63, 3.8) is 0 Å². The largest absolute Gasteiger partial charge is 0.542 e. The summed E-state index contributed by atoms with van der Waals surface area (Å²) in [6.07, 6.45) is -8.00. The van der Waals surface area contributed by atoms with Crippen molar-refractivity contribution < 1.29 is 60.0 Å². The van der Waals surface area contributed by atoms with Gasteiger partial charge in [-0.15, -0.1) is 0 Å². The minimum atomic E-state index is -5.19. The summed E-state index contributed by atoms with van der Waals surface area (Å²) in [5.74, 6) is -4.13. The van der Waals surface area contributed by atoms with Gasteiger partial charge < -0.3 is 44.9 Å². The van der Waals surface area contributed by atoms with Gasteiger partial charge >= 0.3 is 12.4 Å². The van der Waals surface area contributed by atoms with E-state index in [-0.39, 0.29) is 12.0 Å². The number of imidazole rings is 1. The zero-order valence-corrected chi connectivity index (χ0v) is 24.6. The van der Waals surface area contributed by atoms with Crippen LogP contribution in [0.1, 0.15) is 29.9 Å². The molecule has 0 saturated carbocycles. The van der Waals surface area contributed by atoms with Crippen LogP contribution in [0, 0.1) is 5.82 Å². The highest BCUT2D eigenvalue weighted by molar-refractivity contribution is 5.83. The number of aliphatic carboxylic acids is 2. The Balaban J connectivity index is 0.000000360. The fraction of sp³-hybridized carbons (Fsp3) is 0.321. The number of nitrogens with two attached hydrogens (primary N) is 1. The smallest absolute Gasteiger partial charge is 0.430 e. The zero-order chi connectivity index (χ0) is 35.3. The number of carboxylic acids is 2. The van der Waals surface area contributed by atoms with E-state index in [0.717, 1.165) is 29.9 Å². The number of fused-ring (bicyclic) bond motifs is 2. The maximum Gasteiger partial charge on any atom is 0.430 e. The van der Waals surface area contributed by atoms with Crippen LogP contribution in [0.25, 0.3) is 22.3 Å². The number of benzene rings is 2. The lowest BCUT2D eigenvalue weighted by Gasteiger charge is -2.28. The number of nitrogens with one attached hydrogen (secondary N) is 1. The molecule has 0 fully saturated rings. The molecule has 2 aromatic heterocycles. The summed E-state index contributed by atoms with van der Waals surface area (Å²) in [6, 6.07) is 8.74. The number of rotatable bonds is 5. The van der Waals surface area contributed by atoms with Gasteiger partial charge in [0.15, 0.2) is 11.5 Å². The highest BCUT2D eigenvalue weighted by atomic mass is 19.4. The molecular weight excluding hydrogens is 649 g/mol. The fourth-order valence-corrected chi connectivity index (χ4v) is 4.55. The van der Waals surface area contributed by atoms with E-state index in [4.69, 9.17) is 40.0 Å². The minimum absolute atomic E-state index is 0.101. The maximum absolute atomic E-state index is 15.0. The molecule has 4 aromatic rings. The van der Waals surface area contributed by atoms with Gasteiger partial charge in [0.25, 0.3) is 0 Å². The summed E-state index contributed by atoms with van der Waals surface area (Å²) in [7, 11) is 3.26. The van der Waals surface area contributed by atoms with Crippen molar-refractivity contribution in [1.82, 2.24) is 24.8 Å². The Labute approximate surface area is 261 Å². The van der Waals surface area contributed by atoms with Crippen molar-refractivity contribution >= 4 is 28.9 Å². The van der Waals surface area contributed by atoms with Gasteiger partial charge in [0.2, 0.25) is 5.95 Å². The number of aromatic nitrogens is 4. The van der Waals surface area contributed by atoms with Gasteiger partial charge in [-0.05, 0) is 48.7 Å². The van der Waals surface area contributed by atoms with E-state index in [9.17, 15) is 26.3 Å². The van der Waals surface area contributed by atoms with Crippen molar-refractivity contribution in [2.24, 2.45) is 0 Å². The molecule has 3 heterocycles. The van der Waals surface area contributed by atoms with Gasteiger partial charge in [-0.25, -0.2) is 19.3 Å². The van der Waals surface area contributed by atoms with Crippen LogP contribution >= 0.6 is 0 Å². The summed E-state index contributed by atoms with van der Waals surface area (Å²) in [4.78, 5) is 30.5. The molecule has 3 N–H and O–H groups in total. The van der Waals surface area contributed by atoms with E-state index in [1.807, 2.05) is 12.1 Å². The van der Waals surface area contributed by atoms with Crippen LogP contribution in [0.3, 0.4) is 0 Å². The lowest BCUT2D eigenvalue weighted by atomic mass is 9.93. The number of methoxy groups -OCH3 is 2. The molecule has 0 spiro atoms. The molecule has 0 amide bonds. The van der Waals surface area contributed by atoms with Crippen LogP contribution in [0.2, 0.25) is 0 Å². The van der Waals surface area contributed by atoms with E-state index in [2.05, 4.69) is 26.8 Å². The first-order chi connectivity index (χ1) is 21.9. The Hall–Kier alpha value is -5.20. The summed E-state index contributed by atoms with van der Waals surface area (Å²) >= 11 is 0. The third-order valence-electron chi connectivity index (χ3n) is 6.55. The van der Waals surface area contributed by atoms with E-state index < -0.39 is 30.1 Å². The van der Waals surface area contributed by atoms with Crippen LogP contribution < -0.4 is 30.7 Å². The molecule has 12 nitrogen and oxygen atoms in total. The molecule has 19 heteroatoms. The Morgan fingerprint density at radius 2 is 1.57 bits per heavy atom. The Kier molecular flexibility index (Phi) is 11.2. The lowest BCUT2D eigenvalue weighted by molar-refractivity contribution is -0.344. The number of nitrogen functional groups attached to an aromatic ring is 1. The van der Waals surface area contributed by atoms with Crippen LogP contribution in [-0.2, 0) is 22.6 Å². The predicted molar refractivity (Wildman–Crippen MR) is 146 cm³/mol. The highest BCUT2D eigenvalue weighted by Crippen LogP contribution is 2.38. The van der Waals surface area contributed by atoms with Gasteiger partial charge in [-0.1, -0.05) is 0 Å². The Morgan fingerprint density at radius 3 is 2.09 bits per heavy atom. The number of carbonyl (C=O) groups excluding carboxylic acids is 2. The molecule has 0 radical (unpaired) electrons. The summed E-state index contributed by atoms with van der Waals surface area (Å²) in [5.41, 5.74) is 10.2. The number of aryl methyl sites for hydroxylation is 1. The normalized spacial score (nSPS) is 14.2. The van der Waals surface area contributed by atoms with E-state index >= 15 is 4.39 Å². The molecule has 0 aliphatic carbocycles. The average molecular weight is 675 g/mol. The molecule has 2 aromatic carbocycles. The second-order valence-electron chi connectivity index (χ2n) is 9.45. The van der Waals surface area contributed by atoms with Gasteiger partial charge in [0, 0.05) is 30.9 Å². The van der Waals surface area contributed by atoms with Crippen molar-refractivity contribution in [3.05, 3.63) is 59.3 Å². The van der Waals surface area contributed by atoms with E-state index in [1.54, 1.807) is 26.4 Å². The number of hydrogen-bond acceptors (Lipinski definition) is 11. The standard InChI is InChI=1S/C24H25FN6O2.2C2HF3O2/c1-4-31-19-10-15(17-6-8-28-24(26)30-17)16(25)12-18(19)29-23(31)22-14-11-21(33-3)20(32-2)9-13(14)5-7-27-22;2*3-2(4,5)1(6)7/h6,8-12,22,27H,4-5,7H2,1-3H3,(H2,26,28,30);2*(H,6,7)/p-2. The number of halogens is 7. The molecule has 1 aliphatic heterocycles. The van der Waals surface area contributed by atoms with Crippen LogP contribution in [-0.4, -0.2) is 64.6 Å². The van der Waals surface area contributed by atoms with Crippen molar-refractivity contribution in [2.45, 2.75) is 38.3 Å². The van der Waals surface area contributed by atoms with Crippen molar-refractivity contribution in [2.75, 3.05) is 26.5 Å². The minimum Gasteiger partial charge on any atom is -0.542 e. The van der Waals surface area contributed by atoms with Crippen molar-refractivity contribution in [3.8, 4) is 22.8 Å². The van der Waals surface area contributed by atoms with Crippen LogP contribution in [0.5, 0.6) is 11.5 Å². The van der Waals surface area contributed by atoms with Gasteiger partial charge in [-0.3, -0.25) is 0 Å². The number of carboxylic acid groups (broad SMARTS) is 2. The molecule has 0 saturated heterocycles. The fourth-order valence-electron chi connectivity index (χ4n) is 4.55. The number of nitrogens with zero attached hydrogens (tertiary/aromatic N) is 4. The molecule has 1 atom stereocenters. The third kappa shape index (κ3) is 8.54. The van der Waals surface area contributed by atoms with E-state index in [1.165, 1.54) is 17.8 Å². The third-order valence-corrected chi connectivity index (χ3v) is 6.55. The second kappa shape index (κ2) is 14.5. The molecular formula is C28H25F7N6O6-2. The summed E-state index contributed by atoms with van der Waals surface area (Å²) in [6.45, 7) is 3.51. The van der Waals surface area contributed by atoms with Crippen molar-refractivity contribution in [1.29, 1.82) is 0 Å². The van der Waals surface area contributed by atoms with Crippen LogP contribution in [0.4, 0.5) is 36.7 Å². The summed E-state index contributed by atoms with van der Waals surface area (Å²) in [5, 5.41) is 21.1. The Bertz CT molecular complexity index is 1740. The number of ether oxygens (including phenoxy) is 2. The first-order valence-electron chi connectivity index (χ1n) is 13.3. The predicted octanol–water partition coefficient (Wildman–Crippen LogP) is 2.08. The lowest BCUT2D eigenvalue weighted by Crippen LogP contribution is -2.37. The molecule has 0 bridgehead atoms. The maximum atomic E-state index is 15.0. The quantitative estimate of drug-likeness (QED) is 0.296. The van der Waals surface area contributed by atoms with Gasteiger partial charge in [-0.2, -0.15) is 26.3 Å². The first-order valence-corrected chi connectivity index (χ1v) is 13.3. The molecule has 1 aliphatic rings. The van der Waals surface area contributed by atoms with Gasteiger partial charge in [0.1, 0.15) is 23.6 Å². The van der Waals surface area contributed by atoms with E-state index in [0.29, 0.717) is 34.8 Å². The van der Waals surface area contributed by atoms with Gasteiger partial charge in [0.05, 0.1) is 37.0 Å². The number of anilines is 1. The molecule has 5 rings (SSSR count). The summed E-state index contributed by atoms with van der Waals surface area (Å²) < 4.78 is 91.3. The number of hydrogen-bond donors (Lipinski definition) is 2.